The Morgan fingerprint density at radius 3 is 2.11 bits per heavy atom. The van der Waals surface area contributed by atoms with Crippen molar-refractivity contribution in [1.82, 2.24) is 19.3 Å². The average Bonchev–Trinajstić information content (AvgIpc) is 3.65. The van der Waals surface area contributed by atoms with Crippen LogP contribution < -0.4 is 4.74 Å². The van der Waals surface area contributed by atoms with Crippen molar-refractivity contribution in [2.75, 3.05) is 0 Å². The Bertz CT molecular complexity index is 2630. The fourth-order valence-electron chi connectivity index (χ4n) is 7.85. The Morgan fingerprint density at radius 1 is 0.660 bits per heavy atom. The van der Waals surface area contributed by atoms with E-state index in [9.17, 15) is 0 Å². The van der Waals surface area contributed by atoms with E-state index in [0.29, 0.717) is 0 Å². The molecule has 53 heavy (non-hydrogen) atoms. The van der Waals surface area contributed by atoms with Crippen molar-refractivity contribution in [3.8, 4) is 45.4 Å². The summed E-state index contributed by atoms with van der Waals surface area (Å²) >= 11 is 0. The summed E-state index contributed by atoms with van der Waals surface area (Å²) < 4.78 is 11.2. The Hall–Kier alpha value is -5.94. The van der Waals surface area contributed by atoms with Crippen molar-refractivity contribution in [3.05, 3.63) is 155 Å². The van der Waals surface area contributed by atoms with E-state index < -0.39 is 0 Å². The van der Waals surface area contributed by atoms with E-state index in [-0.39, 0.29) is 5.41 Å². The third-order valence-corrected chi connectivity index (χ3v) is 10.4. The first-order chi connectivity index (χ1) is 25.5. The molecule has 8 rings (SSSR count). The maximum atomic E-state index is 6.86. The normalized spacial score (nSPS) is 11.8. The van der Waals surface area contributed by atoms with E-state index in [1.165, 1.54) is 33.2 Å². The van der Waals surface area contributed by atoms with E-state index in [1.807, 2.05) is 6.20 Å². The van der Waals surface area contributed by atoms with Crippen LogP contribution in [0.5, 0.6) is 11.5 Å². The second-order valence-electron chi connectivity index (χ2n) is 15.3. The van der Waals surface area contributed by atoms with E-state index in [0.717, 1.165) is 73.9 Å². The number of ether oxygens (including phenoxy) is 1. The molecule has 0 amide bonds. The number of aromatic nitrogens is 4. The minimum Gasteiger partial charge on any atom is -0.457 e. The lowest BCUT2D eigenvalue weighted by Gasteiger charge is -2.22. The maximum Gasteiger partial charge on any atom is 0.137 e. The molecule has 5 nitrogen and oxygen atoms in total. The van der Waals surface area contributed by atoms with Gasteiger partial charge in [-0.1, -0.05) is 93.9 Å². The molecule has 0 radical (unpaired) electrons. The van der Waals surface area contributed by atoms with Crippen LogP contribution in [0.3, 0.4) is 0 Å². The van der Waals surface area contributed by atoms with Gasteiger partial charge in [0.25, 0.3) is 0 Å². The van der Waals surface area contributed by atoms with E-state index in [4.69, 9.17) is 14.8 Å². The molecule has 264 valence electrons. The average molecular weight is 695 g/mol. The topological polar surface area (TPSA) is 44.9 Å². The van der Waals surface area contributed by atoms with Crippen molar-refractivity contribution in [2.24, 2.45) is 0 Å². The van der Waals surface area contributed by atoms with Crippen LogP contribution in [0.1, 0.15) is 61.2 Å². The molecule has 0 atom stereocenters. The summed E-state index contributed by atoms with van der Waals surface area (Å²) in [5, 5.41) is 7.63. The third kappa shape index (κ3) is 6.20. The highest BCUT2D eigenvalue weighted by Crippen LogP contribution is 2.42. The zero-order valence-electron chi connectivity index (χ0n) is 32.0. The summed E-state index contributed by atoms with van der Waals surface area (Å²) in [5.41, 5.74) is 14.7. The van der Waals surface area contributed by atoms with Crippen molar-refractivity contribution in [1.29, 1.82) is 0 Å². The lowest BCUT2D eigenvalue weighted by atomic mass is 9.86. The van der Waals surface area contributed by atoms with Crippen molar-refractivity contribution in [2.45, 2.75) is 67.2 Å². The van der Waals surface area contributed by atoms with Crippen LogP contribution in [0.25, 0.3) is 55.7 Å². The maximum absolute atomic E-state index is 6.86. The minimum atomic E-state index is -0.136. The molecule has 5 heteroatoms. The zero-order chi connectivity index (χ0) is 37.0. The van der Waals surface area contributed by atoms with Gasteiger partial charge < -0.3 is 4.74 Å². The molecule has 3 aromatic heterocycles. The molecule has 0 aliphatic carbocycles. The molecule has 0 saturated carbocycles. The standard InChI is InChI=1S/C48H46N4O/c1-9-34-21-22-49-44(25-34)51-42-18-14-13-17-40(42)41-20-19-38(29-43(41)51)53-39-27-36(48(6,7)8)26-37(28-39)52-47(35-15-11-10-12-16-35)46(33(5)50-52)45-31(3)23-30(2)24-32(45)4/h10-29H,9H2,1-8H3. The summed E-state index contributed by atoms with van der Waals surface area (Å²) in [6.45, 7) is 17.6. The molecule has 0 fully saturated rings. The highest BCUT2D eigenvalue weighted by Gasteiger charge is 2.25. The van der Waals surface area contributed by atoms with Crippen molar-refractivity contribution < 1.29 is 4.74 Å². The fraction of sp³-hybridized carbons (Fsp3) is 0.208. The van der Waals surface area contributed by atoms with E-state index >= 15 is 0 Å². The summed E-state index contributed by atoms with van der Waals surface area (Å²) in [7, 11) is 0. The smallest absolute Gasteiger partial charge is 0.137 e. The number of para-hydroxylation sites is 1. The molecule has 0 saturated heterocycles. The van der Waals surface area contributed by atoms with Gasteiger partial charge in [-0.3, -0.25) is 4.57 Å². The number of aryl methyl sites for hydroxylation is 5. The molecular formula is C48H46N4O. The largest absolute Gasteiger partial charge is 0.457 e. The molecular weight excluding hydrogens is 649 g/mol. The van der Waals surface area contributed by atoms with Crippen LogP contribution in [0.2, 0.25) is 0 Å². The Morgan fingerprint density at radius 2 is 1.38 bits per heavy atom. The second kappa shape index (κ2) is 13.2. The van der Waals surface area contributed by atoms with Gasteiger partial charge in [0, 0.05) is 40.2 Å². The highest BCUT2D eigenvalue weighted by atomic mass is 16.5. The Balaban J connectivity index is 1.31. The van der Waals surface area contributed by atoms with Crippen molar-refractivity contribution in [3.63, 3.8) is 0 Å². The van der Waals surface area contributed by atoms with Gasteiger partial charge in [0.1, 0.15) is 17.3 Å². The number of pyridine rings is 1. The van der Waals surface area contributed by atoms with Crippen molar-refractivity contribution >= 4 is 21.8 Å². The summed E-state index contributed by atoms with van der Waals surface area (Å²) in [6, 6.07) is 40.9. The summed E-state index contributed by atoms with van der Waals surface area (Å²) in [6.07, 6.45) is 2.85. The predicted octanol–water partition coefficient (Wildman–Crippen LogP) is 12.6. The summed E-state index contributed by atoms with van der Waals surface area (Å²) in [5.74, 6) is 2.43. The molecule has 0 spiro atoms. The zero-order valence-corrected chi connectivity index (χ0v) is 32.0. The van der Waals surface area contributed by atoms with Crippen LogP contribution in [0, 0.1) is 27.7 Å². The first kappa shape index (κ1) is 34.2. The molecule has 0 aliphatic rings. The summed E-state index contributed by atoms with van der Waals surface area (Å²) in [4.78, 5) is 4.82. The Kier molecular flexibility index (Phi) is 8.53. The second-order valence-corrected chi connectivity index (χ2v) is 15.3. The SMILES string of the molecule is CCc1ccnc(-n2c3ccccc3c3ccc(Oc4cc(-n5nc(C)c(-c6c(C)cc(C)cc6C)c5-c5ccccc5)cc(C(C)(C)C)c4)cc32)c1. The number of hydrogen-bond donors (Lipinski definition) is 0. The quantitative estimate of drug-likeness (QED) is 0.167. The number of benzene rings is 5. The van der Waals surface area contributed by atoms with Gasteiger partial charge in [-0.05, 0) is 110 Å². The van der Waals surface area contributed by atoms with E-state index in [1.54, 1.807) is 0 Å². The van der Waals surface area contributed by atoms with Gasteiger partial charge in [-0.2, -0.15) is 5.10 Å². The first-order valence-electron chi connectivity index (χ1n) is 18.6. The molecule has 0 N–H and O–H groups in total. The number of hydrogen-bond acceptors (Lipinski definition) is 3. The molecule has 0 unspecified atom stereocenters. The van der Waals surface area contributed by atoms with Crippen LogP contribution >= 0.6 is 0 Å². The lowest BCUT2D eigenvalue weighted by molar-refractivity contribution is 0.478. The van der Waals surface area contributed by atoms with Crippen LogP contribution in [0.15, 0.2) is 121 Å². The monoisotopic (exact) mass is 694 g/mol. The van der Waals surface area contributed by atoms with Gasteiger partial charge in [0.05, 0.1) is 28.1 Å². The van der Waals surface area contributed by atoms with Crippen LogP contribution in [-0.4, -0.2) is 19.3 Å². The number of rotatable bonds is 7. The molecule has 3 heterocycles. The van der Waals surface area contributed by atoms with Gasteiger partial charge in [0.15, 0.2) is 0 Å². The van der Waals surface area contributed by atoms with E-state index in [2.05, 4.69) is 180 Å². The molecule has 0 aliphatic heterocycles. The van der Waals surface area contributed by atoms with Crippen LogP contribution in [-0.2, 0) is 11.8 Å². The van der Waals surface area contributed by atoms with Gasteiger partial charge in [-0.25, -0.2) is 9.67 Å². The number of fused-ring (bicyclic) bond motifs is 3. The molecule has 5 aromatic carbocycles. The molecule has 8 aromatic rings. The third-order valence-electron chi connectivity index (χ3n) is 10.4. The minimum absolute atomic E-state index is 0.136. The molecule has 0 bridgehead atoms. The van der Waals surface area contributed by atoms with Gasteiger partial charge in [-0.15, -0.1) is 0 Å². The Labute approximate surface area is 312 Å². The fourth-order valence-corrected chi connectivity index (χ4v) is 7.85. The highest BCUT2D eigenvalue weighted by molar-refractivity contribution is 6.09. The lowest BCUT2D eigenvalue weighted by Crippen LogP contribution is -2.12. The van der Waals surface area contributed by atoms with Crippen LogP contribution in [0.4, 0.5) is 0 Å². The van der Waals surface area contributed by atoms with Gasteiger partial charge >= 0.3 is 0 Å². The number of nitrogens with zero attached hydrogens (tertiary/aromatic N) is 4. The predicted molar refractivity (Wildman–Crippen MR) is 220 cm³/mol. The van der Waals surface area contributed by atoms with Gasteiger partial charge in [0.2, 0.25) is 0 Å². The first-order valence-corrected chi connectivity index (χ1v) is 18.6.